The minimum absolute atomic E-state index is 0.0665. The first-order valence-electron chi connectivity index (χ1n) is 9.27. The van der Waals surface area contributed by atoms with Crippen LogP contribution in [0.1, 0.15) is 44.9 Å². The SMILES string of the molecule is O=C(COC(=O)CC12C[C@@H]3C[C@@H](CC(O)(C3)C1)C2)Nc1ccccc1F. The van der Waals surface area contributed by atoms with Crippen molar-refractivity contribution in [2.24, 2.45) is 17.3 Å². The third-order valence-corrected chi connectivity index (χ3v) is 6.18. The normalized spacial score (nSPS) is 34.5. The van der Waals surface area contributed by atoms with Crippen LogP contribution in [-0.2, 0) is 14.3 Å². The molecule has 4 aliphatic rings. The van der Waals surface area contributed by atoms with Crippen molar-refractivity contribution in [3.63, 3.8) is 0 Å². The average Bonchev–Trinajstić information content (AvgIpc) is 2.52. The summed E-state index contributed by atoms with van der Waals surface area (Å²) in [6.45, 7) is -0.430. The van der Waals surface area contributed by atoms with Crippen molar-refractivity contribution >= 4 is 17.6 Å². The molecule has 6 heteroatoms. The van der Waals surface area contributed by atoms with E-state index in [-0.39, 0.29) is 17.5 Å². The van der Waals surface area contributed by atoms with Crippen LogP contribution in [0.2, 0.25) is 0 Å². The Kier molecular flexibility index (Phi) is 4.26. The number of esters is 1. The van der Waals surface area contributed by atoms with E-state index >= 15 is 0 Å². The van der Waals surface area contributed by atoms with E-state index in [0.717, 1.165) is 32.1 Å². The van der Waals surface area contributed by atoms with Gasteiger partial charge in [0, 0.05) is 0 Å². The lowest BCUT2D eigenvalue weighted by atomic mass is 9.47. The van der Waals surface area contributed by atoms with Crippen molar-refractivity contribution in [3.05, 3.63) is 30.1 Å². The second kappa shape index (κ2) is 6.34. The van der Waals surface area contributed by atoms with E-state index in [1.807, 2.05) is 0 Å². The number of rotatable bonds is 5. The minimum atomic E-state index is -0.618. The smallest absolute Gasteiger partial charge is 0.306 e. The molecule has 2 unspecified atom stereocenters. The molecule has 1 aromatic rings. The predicted molar refractivity (Wildman–Crippen MR) is 92.7 cm³/mol. The fourth-order valence-corrected chi connectivity index (χ4v) is 5.86. The van der Waals surface area contributed by atoms with Crippen molar-refractivity contribution in [2.45, 2.75) is 50.5 Å². The van der Waals surface area contributed by atoms with Gasteiger partial charge in [-0.05, 0) is 67.9 Å². The molecule has 5 rings (SSSR count). The van der Waals surface area contributed by atoms with Crippen LogP contribution in [-0.4, -0.2) is 29.2 Å². The molecule has 140 valence electrons. The molecule has 4 atom stereocenters. The number of nitrogens with one attached hydrogen (secondary N) is 1. The topological polar surface area (TPSA) is 75.6 Å². The highest BCUT2D eigenvalue weighted by Gasteiger charge is 2.57. The van der Waals surface area contributed by atoms with Crippen molar-refractivity contribution in [2.75, 3.05) is 11.9 Å². The van der Waals surface area contributed by atoms with Crippen LogP contribution in [0, 0.1) is 23.1 Å². The molecule has 26 heavy (non-hydrogen) atoms. The second-order valence-corrected chi connectivity index (χ2v) is 8.55. The number of ether oxygens (including phenoxy) is 1. The quantitative estimate of drug-likeness (QED) is 0.791. The molecule has 5 nitrogen and oxygen atoms in total. The van der Waals surface area contributed by atoms with Crippen molar-refractivity contribution in [1.82, 2.24) is 0 Å². The van der Waals surface area contributed by atoms with Gasteiger partial charge in [-0.15, -0.1) is 0 Å². The number of aliphatic hydroxyl groups is 1. The Labute approximate surface area is 151 Å². The summed E-state index contributed by atoms with van der Waals surface area (Å²) in [5.41, 5.74) is -0.735. The monoisotopic (exact) mass is 361 g/mol. The van der Waals surface area contributed by atoms with E-state index in [1.165, 1.54) is 18.2 Å². The first-order valence-corrected chi connectivity index (χ1v) is 9.27. The summed E-state index contributed by atoms with van der Waals surface area (Å²) in [6.07, 6.45) is 5.68. The van der Waals surface area contributed by atoms with Crippen molar-refractivity contribution in [1.29, 1.82) is 0 Å². The lowest BCUT2D eigenvalue weighted by molar-refractivity contribution is -0.177. The van der Waals surface area contributed by atoms with Crippen LogP contribution in [0.15, 0.2) is 24.3 Å². The zero-order chi connectivity index (χ0) is 18.4. The third kappa shape index (κ3) is 3.47. The number of hydrogen-bond donors (Lipinski definition) is 2. The lowest BCUT2D eigenvalue weighted by Crippen LogP contribution is -2.56. The van der Waals surface area contributed by atoms with E-state index in [9.17, 15) is 19.1 Å². The minimum Gasteiger partial charge on any atom is -0.456 e. The Morgan fingerprint density at radius 1 is 1.19 bits per heavy atom. The molecule has 0 saturated heterocycles. The van der Waals surface area contributed by atoms with Gasteiger partial charge in [0.05, 0.1) is 17.7 Å². The Balaban J connectivity index is 1.31. The molecule has 1 amide bonds. The highest BCUT2D eigenvalue weighted by molar-refractivity contribution is 5.92. The molecule has 1 aromatic carbocycles. The molecule has 0 aromatic heterocycles. The lowest BCUT2D eigenvalue weighted by Gasteiger charge is -2.60. The summed E-state index contributed by atoms with van der Waals surface area (Å²) >= 11 is 0. The number of hydrogen-bond acceptors (Lipinski definition) is 4. The van der Waals surface area contributed by atoms with Crippen LogP contribution in [0.4, 0.5) is 10.1 Å². The number of anilines is 1. The first-order chi connectivity index (χ1) is 12.3. The molecule has 4 fully saturated rings. The molecule has 2 N–H and O–H groups in total. The Hall–Kier alpha value is -1.95. The van der Waals surface area contributed by atoms with Gasteiger partial charge >= 0.3 is 5.97 Å². The zero-order valence-electron chi connectivity index (χ0n) is 14.7. The van der Waals surface area contributed by atoms with Crippen LogP contribution in [0.3, 0.4) is 0 Å². The van der Waals surface area contributed by atoms with Gasteiger partial charge in [-0.25, -0.2) is 4.39 Å². The van der Waals surface area contributed by atoms with Gasteiger partial charge in [0.2, 0.25) is 0 Å². The van der Waals surface area contributed by atoms with Crippen LogP contribution in [0.25, 0.3) is 0 Å². The maximum Gasteiger partial charge on any atom is 0.306 e. The number of amides is 1. The molecular formula is C20H24FNO4. The van der Waals surface area contributed by atoms with E-state index in [0.29, 0.717) is 18.3 Å². The summed E-state index contributed by atoms with van der Waals surface area (Å²) in [5, 5.41) is 13.1. The van der Waals surface area contributed by atoms with Gasteiger partial charge in [0.1, 0.15) is 5.82 Å². The standard InChI is InChI=1S/C20H24FNO4/c21-15-3-1-2-4-16(15)22-17(23)11-26-18(24)10-19-6-13-5-14(7-19)9-20(25,8-13)12-19/h1-4,13-14,25H,5-12H2,(H,22,23)/t13-,14+,19?,20?. The summed E-state index contributed by atoms with van der Waals surface area (Å²) in [7, 11) is 0. The summed E-state index contributed by atoms with van der Waals surface area (Å²) in [6, 6.07) is 5.84. The van der Waals surface area contributed by atoms with Crippen LogP contribution < -0.4 is 5.32 Å². The molecule has 4 saturated carbocycles. The number of benzene rings is 1. The Bertz CT molecular complexity index is 720. The van der Waals surface area contributed by atoms with E-state index in [1.54, 1.807) is 6.07 Å². The van der Waals surface area contributed by atoms with Gasteiger partial charge < -0.3 is 15.2 Å². The maximum absolute atomic E-state index is 13.5. The molecule has 4 aliphatic carbocycles. The molecule has 0 aliphatic heterocycles. The summed E-state index contributed by atoms with van der Waals surface area (Å²) < 4.78 is 18.7. The Morgan fingerprint density at radius 2 is 1.88 bits per heavy atom. The highest BCUT2D eigenvalue weighted by Crippen LogP contribution is 2.62. The van der Waals surface area contributed by atoms with Crippen LogP contribution >= 0.6 is 0 Å². The first kappa shape index (κ1) is 17.5. The van der Waals surface area contributed by atoms with E-state index < -0.39 is 29.9 Å². The number of carbonyl (C=O) groups excluding carboxylic acids is 2. The van der Waals surface area contributed by atoms with Gasteiger partial charge in [0.15, 0.2) is 6.61 Å². The second-order valence-electron chi connectivity index (χ2n) is 8.55. The fraction of sp³-hybridized carbons (Fsp3) is 0.600. The Morgan fingerprint density at radius 3 is 2.54 bits per heavy atom. The van der Waals surface area contributed by atoms with E-state index in [4.69, 9.17) is 4.74 Å². The van der Waals surface area contributed by atoms with Gasteiger partial charge in [-0.2, -0.15) is 0 Å². The van der Waals surface area contributed by atoms with Crippen molar-refractivity contribution in [3.8, 4) is 0 Å². The largest absolute Gasteiger partial charge is 0.456 e. The summed E-state index contributed by atoms with van der Waals surface area (Å²) in [5.74, 6) is -0.516. The molecule has 4 bridgehead atoms. The molecule has 0 spiro atoms. The number of carbonyl (C=O) groups is 2. The zero-order valence-corrected chi connectivity index (χ0v) is 14.7. The van der Waals surface area contributed by atoms with Gasteiger partial charge in [-0.1, -0.05) is 12.1 Å². The molecular weight excluding hydrogens is 337 g/mol. The number of para-hydroxylation sites is 1. The van der Waals surface area contributed by atoms with Gasteiger partial charge in [-0.3, -0.25) is 9.59 Å². The maximum atomic E-state index is 13.5. The molecule has 0 radical (unpaired) electrons. The van der Waals surface area contributed by atoms with Gasteiger partial charge in [0.25, 0.3) is 5.91 Å². The van der Waals surface area contributed by atoms with E-state index in [2.05, 4.69) is 5.32 Å². The summed E-state index contributed by atoms with van der Waals surface area (Å²) in [4.78, 5) is 24.2. The third-order valence-electron chi connectivity index (χ3n) is 6.18. The van der Waals surface area contributed by atoms with Crippen molar-refractivity contribution < 1.29 is 23.8 Å². The highest BCUT2D eigenvalue weighted by atomic mass is 19.1. The molecule has 0 heterocycles. The van der Waals surface area contributed by atoms with Crippen LogP contribution in [0.5, 0.6) is 0 Å². The number of halogens is 1. The predicted octanol–water partition coefficient (Wildman–Crippen LogP) is 3.03. The average molecular weight is 361 g/mol. The fourth-order valence-electron chi connectivity index (χ4n) is 5.86.